The van der Waals surface area contributed by atoms with E-state index in [-0.39, 0.29) is 167 Å². The number of alkyl halides is 8. The number of nitrogens with one attached hydrogen (secondary N) is 12. The number of hydrogen-bond donors (Lipinski definition) is 32. The predicted molar refractivity (Wildman–Crippen MR) is 584 cm³/mol. The van der Waals surface area contributed by atoms with Gasteiger partial charge in [-0.1, -0.05) is 69.2 Å². The van der Waals surface area contributed by atoms with Crippen molar-refractivity contribution in [1.29, 1.82) is 0 Å². The van der Waals surface area contributed by atoms with Gasteiger partial charge < -0.3 is 65.1 Å². The zero-order chi connectivity index (χ0) is 97.0. The third-order valence-electron chi connectivity index (χ3n) is 21.9. The van der Waals surface area contributed by atoms with Gasteiger partial charge in [-0.05, 0) is 263 Å². The second-order valence-electron chi connectivity index (χ2n) is 35.4. The fraction of sp³-hybridized carbons (Fsp3) is 1.00. The molecule has 0 spiro atoms. The lowest BCUT2D eigenvalue weighted by atomic mass is 9.82. The number of nitrogens with two attached hydrogens (primary N) is 4. The Balaban J connectivity index is -0.000000203. The van der Waals surface area contributed by atoms with Crippen molar-refractivity contribution in [3.8, 4) is 0 Å². The largest absolute Gasteiger partial charge is 0.330 e. The van der Waals surface area contributed by atoms with Crippen molar-refractivity contribution in [3.63, 3.8) is 0 Å². The first-order valence-corrected chi connectivity index (χ1v) is 53.2. The van der Waals surface area contributed by atoms with Gasteiger partial charge >= 0.3 is 0 Å². The normalized spacial score (nSPS) is 19.5. The van der Waals surface area contributed by atoms with Crippen LogP contribution >= 0.6 is 202 Å². The van der Waals surface area contributed by atoms with Crippen LogP contribution in [0.2, 0.25) is 0 Å². The maximum Gasteiger partial charge on any atom is 0.170 e. The summed E-state index contributed by atoms with van der Waals surface area (Å²) < 4.78 is 111. The highest BCUT2D eigenvalue weighted by molar-refractivity contribution is 7.82. The van der Waals surface area contributed by atoms with E-state index in [1.165, 1.54) is 19.9 Å². The monoisotopic (exact) mass is 2060 g/mol. The highest BCUT2D eigenvalue weighted by atomic mass is 32.1. The predicted octanol–water partition coefficient (Wildman–Crippen LogP) is 14.4. The summed E-state index contributed by atoms with van der Waals surface area (Å²) in [5, 5.41) is 36.7. The van der Waals surface area contributed by atoms with Crippen LogP contribution in [0.3, 0.4) is 0 Å². The molecular formula is C82H188F8N16S16. The van der Waals surface area contributed by atoms with Crippen LogP contribution in [0.4, 0.5) is 35.1 Å². The molecule has 0 rings (SSSR count). The Labute approximate surface area is 831 Å². The third kappa shape index (κ3) is 71.8. The Morgan fingerprint density at radius 2 is 0.533 bits per heavy atom. The minimum Gasteiger partial charge on any atom is -0.330 e. The van der Waals surface area contributed by atoms with Gasteiger partial charge in [0.2, 0.25) is 0 Å². The van der Waals surface area contributed by atoms with E-state index in [4.69, 9.17) is 22.9 Å². The SMILES string of the molecule is CCNC[C@](C)(CS)CC[C@@](C)(CS)NCC.CCNC[C@](F)(CS)CC[C@@](F)(CS)NCC.CCN[C@](C)(CS)CC[C@@](C)(CS)CNC.CCN[C@](F)(CS)CC[C@@](F)(CS)CNC.CNC[C@](C)(CS)CC[C@@](C)(CS)NC.CNC[C@](F)(CS)CC[C@@](F)(CS)NC.C[C@@](N)(CS)CC[C@](C)(CN)CS.NC[C@](F)(CS)CC[C@@](N)(F)CS. The molecular weight excluding hydrogens is 1870 g/mol. The van der Waals surface area contributed by atoms with E-state index < -0.39 is 45.8 Å². The lowest BCUT2D eigenvalue weighted by Crippen LogP contribution is -2.46. The van der Waals surface area contributed by atoms with Gasteiger partial charge in [0, 0.05) is 137 Å². The van der Waals surface area contributed by atoms with E-state index in [1.807, 2.05) is 48.8 Å². The van der Waals surface area contributed by atoms with E-state index in [0.717, 1.165) is 118 Å². The van der Waals surface area contributed by atoms with E-state index in [0.29, 0.717) is 31.9 Å². The molecule has 0 saturated heterocycles. The lowest BCUT2D eigenvalue weighted by Gasteiger charge is -2.35. The molecule has 0 aromatic rings. The highest BCUT2D eigenvalue weighted by Crippen LogP contribution is 2.34. The third-order valence-corrected chi connectivity index (χ3v) is 32.1. The Hall–Kier alpha value is 4.40. The van der Waals surface area contributed by atoms with Gasteiger partial charge in [0.1, 0.15) is 22.7 Å². The minimum absolute atomic E-state index is 0.0217. The van der Waals surface area contributed by atoms with E-state index in [1.54, 1.807) is 14.1 Å². The van der Waals surface area contributed by atoms with Crippen molar-refractivity contribution in [1.82, 2.24) is 63.8 Å². The second kappa shape index (κ2) is 77.3. The van der Waals surface area contributed by atoms with Crippen LogP contribution in [-0.2, 0) is 0 Å². The van der Waals surface area contributed by atoms with Crippen molar-refractivity contribution in [2.24, 2.45) is 44.6 Å². The average molecular weight is 2060 g/mol. The number of rotatable bonds is 66. The standard InChI is InChI=1S/C13H30N2S2.C12H28N2S2.C11H24F2N2S2.C11H26N2S2.C10H22F2N2S2.C9H20F2N2S2.C9H22N2S2.C7H16F2N2S2/c1-5-14-9-12(3,10-16)7-8-13(4,11-17)15-6-2;1-5-14-12(3,10-16)7-6-11(2,9-15)8-13-4;1-3-14-7-10(12,8-16)5-6-11(13,9-17)15-4-2;1-10(8-14,7-12-3)5-6-11(2,9-15)13-4;1-3-14-10(12,8-16)5-4-9(11,7-15)6-13-2;1-12-5-8(10,6-14)3-4-9(11,7-15)13-2;1-8(5-10,6-12)3-4-9(2,11)7-13;8-6(3-10,4-12)1-2-7(9,11)5-13/h14-17H,5-11H2,1-4H3;13-16H,5-10H2,1-4H3;14-17H,3-9H2,1-2H3;12-15H,5-9H2,1-4H3;13-16H,3-8H2,1-2H3;12-15H,3-7H2,1-2H3;12-13H,3-7,10-11H2,1-2H3;12-13H,1-5,10-11H2/t12-,13+;11-,12+;10-,11-;10-,11+;9-,10-;8-,9-;8-,9+;6-,7-/m11010010/s1. The van der Waals surface area contributed by atoms with Crippen molar-refractivity contribution in [2.75, 3.05) is 226 Å². The molecule has 0 bridgehead atoms. The summed E-state index contributed by atoms with van der Waals surface area (Å²) in [7, 11) is 10.9. The van der Waals surface area contributed by atoms with Gasteiger partial charge in [0.15, 0.2) is 23.2 Å². The molecule has 0 aromatic heterocycles. The van der Waals surface area contributed by atoms with Crippen LogP contribution in [0.1, 0.15) is 200 Å². The molecule has 0 saturated carbocycles. The van der Waals surface area contributed by atoms with Gasteiger partial charge in [-0.15, -0.1) is 0 Å². The first-order valence-electron chi connectivity index (χ1n) is 43.1. The molecule has 0 radical (unpaired) electrons. The molecule has 0 heterocycles. The number of halogens is 8. The summed E-state index contributed by atoms with van der Waals surface area (Å²) in [6.45, 7) is 38.7. The van der Waals surface area contributed by atoms with Crippen LogP contribution in [0.15, 0.2) is 0 Å². The first kappa shape index (κ1) is 142. The van der Waals surface area contributed by atoms with Crippen molar-refractivity contribution in [2.45, 2.75) is 268 Å². The van der Waals surface area contributed by atoms with Gasteiger partial charge in [0.25, 0.3) is 0 Å². The summed E-state index contributed by atoms with van der Waals surface area (Å²) in [6, 6.07) is 0. The van der Waals surface area contributed by atoms with Gasteiger partial charge in [-0.2, -0.15) is 202 Å². The Morgan fingerprint density at radius 3 is 0.779 bits per heavy atom. The fourth-order valence-corrected chi connectivity index (χ4v) is 15.4. The zero-order valence-electron chi connectivity index (χ0n) is 79.0. The van der Waals surface area contributed by atoms with Crippen molar-refractivity contribution >= 4 is 202 Å². The zero-order valence-corrected chi connectivity index (χ0v) is 93.3. The summed E-state index contributed by atoms with van der Waals surface area (Å²) in [6.07, 6.45) is 9.44. The smallest absolute Gasteiger partial charge is 0.170 e. The van der Waals surface area contributed by atoms with Crippen LogP contribution in [0, 0.1) is 21.7 Å². The molecule has 40 heteroatoms. The average Bonchev–Trinajstić information content (AvgIpc) is 0.867. The summed E-state index contributed by atoms with van der Waals surface area (Å²) in [5.41, 5.74) is 17.2. The lowest BCUT2D eigenvalue weighted by molar-refractivity contribution is 0.0904. The molecule has 16 atom stereocenters. The molecule has 0 aliphatic heterocycles. The quantitative estimate of drug-likeness (QED) is 0.0154. The summed E-state index contributed by atoms with van der Waals surface area (Å²) in [4.78, 5) is 0. The second-order valence-corrected chi connectivity index (χ2v) is 40.4. The molecule has 0 aromatic carbocycles. The molecule has 20 N–H and O–H groups in total. The Kier molecular flexibility index (Phi) is 89.9. The van der Waals surface area contributed by atoms with Crippen molar-refractivity contribution < 1.29 is 35.1 Å². The summed E-state index contributed by atoms with van der Waals surface area (Å²) in [5.74, 6) is 0.443. The molecule has 16 nitrogen and oxygen atoms in total. The van der Waals surface area contributed by atoms with Crippen molar-refractivity contribution in [3.05, 3.63) is 0 Å². The Bertz CT molecular complexity index is 2180. The van der Waals surface area contributed by atoms with Gasteiger partial charge in [0.05, 0.1) is 0 Å². The van der Waals surface area contributed by atoms with Gasteiger partial charge in [-0.25, -0.2) is 35.1 Å². The first-order chi connectivity index (χ1) is 56.5. The Morgan fingerprint density at radius 1 is 0.238 bits per heavy atom. The van der Waals surface area contributed by atoms with Gasteiger partial charge in [-0.3, -0.25) is 21.7 Å². The van der Waals surface area contributed by atoms with Crippen LogP contribution in [0.5, 0.6) is 0 Å². The fourth-order valence-electron chi connectivity index (χ4n) is 11.2. The molecule has 122 heavy (non-hydrogen) atoms. The van der Waals surface area contributed by atoms with Crippen LogP contribution in [0.25, 0.3) is 0 Å². The molecule has 0 fully saturated rings. The highest BCUT2D eigenvalue weighted by Gasteiger charge is 2.39. The maximum absolute atomic E-state index is 14.3. The maximum atomic E-state index is 14.3. The van der Waals surface area contributed by atoms with Crippen LogP contribution < -0.4 is 86.7 Å². The van der Waals surface area contributed by atoms with E-state index in [9.17, 15) is 35.1 Å². The minimum atomic E-state index is -1.92. The molecule has 0 aliphatic rings. The molecule has 748 valence electrons. The van der Waals surface area contributed by atoms with E-state index in [2.05, 4.69) is 335 Å². The van der Waals surface area contributed by atoms with Crippen LogP contribution in [-0.4, -0.2) is 294 Å². The molecule has 0 amide bonds. The molecule has 0 aliphatic carbocycles. The molecule has 0 unspecified atom stereocenters. The number of hydrogen-bond acceptors (Lipinski definition) is 32. The number of thiol groups is 16. The summed E-state index contributed by atoms with van der Waals surface area (Å²) >= 11 is 66.5. The topological polar surface area (TPSA) is 248 Å². The van der Waals surface area contributed by atoms with E-state index >= 15 is 0 Å².